The maximum absolute atomic E-state index is 9.21. The van der Waals surface area contributed by atoms with Gasteiger partial charge in [0.15, 0.2) is 11.5 Å². The van der Waals surface area contributed by atoms with Gasteiger partial charge in [0.2, 0.25) is 0 Å². The summed E-state index contributed by atoms with van der Waals surface area (Å²) in [5.74, 6) is 1.43. The summed E-state index contributed by atoms with van der Waals surface area (Å²) in [7, 11) is 3.26. The van der Waals surface area contributed by atoms with E-state index < -0.39 is 0 Å². The Morgan fingerprint density at radius 1 is 1.25 bits per heavy atom. The van der Waals surface area contributed by atoms with Crippen molar-refractivity contribution in [3.63, 3.8) is 0 Å². The van der Waals surface area contributed by atoms with Crippen LogP contribution in [0.2, 0.25) is 0 Å². The summed E-state index contributed by atoms with van der Waals surface area (Å²) < 4.78 is 16.1. The lowest BCUT2D eigenvalue weighted by atomic mass is 10.1. The van der Waals surface area contributed by atoms with Gasteiger partial charge in [0.25, 0.3) is 0 Å². The molecule has 1 rings (SSSR count). The highest BCUT2D eigenvalue weighted by molar-refractivity contribution is 5.46. The summed E-state index contributed by atoms with van der Waals surface area (Å²) >= 11 is 0. The quantitative estimate of drug-likeness (QED) is 0.638. The van der Waals surface area contributed by atoms with Gasteiger partial charge in [0.1, 0.15) is 6.61 Å². The minimum atomic E-state index is 0.0908. The van der Waals surface area contributed by atoms with Crippen molar-refractivity contribution in [2.75, 3.05) is 34.0 Å². The number of aliphatic hydroxyl groups is 1. The van der Waals surface area contributed by atoms with Gasteiger partial charge in [0, 0.05) is 25.3 Å². The molecule has 0 aliphatic heterocycles. The van der Waals surface area contributed by atoms with E-state index in [4.69, 9.17) is 14.2 Å². The van der Waals surface area contributed by atoms with Crippen LogP contribution in [0.25, 0.3) is 0 Å². The second-order valence-electron chi connectivity index (χ2n) is 4.46. The molecule has 2 N–H and O–H groups in total. The number of rotatable bonds is 10. The minimum Gasteiger partial charge on any atom is -0.493 e. The first-order valence-electron chi connectivity index (χ1n) is 6.88. The molecule has 5 nitrogen and oxygen atoms in total. The Hall–Kier alpha value is -1.30. The van der Waals surface area contributed by atoms with Crippen LogP contribution in [0.5, 0.6) is 11.5 Å². The van der Waals surface area contributed by atoms with Crippen LogP contribution in [0.15, 0.2) is 18.2 Å². The fraction of sp³-hybridized carbons (Fsp3) is 0.600. The molecule has 0 radical (unpaired) electrons. The zero-order valence-corrected chi connectivity index (χ0v) is 12.5. The molecular formula is C15H25NO4. The number of hydrogen-bond acceptors (Lipinski definition) is 5. The molecule has 1 aromatic carbocycles. The van der Waals surface area contributed by atoms with Crippen LogP contribution in [0.4, 0.5) is 0 Å². The van der Waals surface area contributed by atoms with Gasteiger partial charge in [-0.05, 0) is 12.5 Å². The Morgan fingerprint density at radius 2 is 2.05 bits per heavy atom. The molecule has 0 saturated carbocycles. The first-order chi connectivity index (χ1) is 9.76. The molecule has 0 aromatic heterocycles. The third kappa shape index (κ3) is 5.00. The fourth-order valence-corrected chi connectivity index (χ4v) is 1.84. The van der Waals surface area contributed by atoms with Crippen molar-refractivity contribution in [3.05, 3.63) is 23.8 Å². The molecule has 0 aliphatic rings. The van der Waals surface area contributed by atoms with Crippen molar-refractivity contribution in [1.82, 2.24) is 5.32 Å². The smallest absolute Gasteiger partial charge is 0.165 e. The standard InChI is InChI=1S/C15H25NO4/c1-4-13(11-17)16-10-12-6-5-7-14(19-3)15(12)20-9-8-18-2/h5-7,13,16-17H,4,8-11H2,1-3H3. The van der Waals surface area contributed by atoms with Crippen molar-refractivity contribution in [2.45, 2.75) is 25.9 Å². The molecule has 0 amide bonds. The molecule has 114 valence electrons. The summed E-state index contributed by atoms with van der Waals surface area (Å²) in [6.45, 7) is 3.79. The molecule has 20 heavy (non-hydrogen) atoms. The van der Waals surface area contributed by atoms with Gasteiger partial charge >= 0.3 is 0 Å². The zero-order valence-electron chi connectivity index (χ0n) is 12.5. The SMILES string of the molecule is CCC(CO)NCc1cccc(OC)c1OCCOC. The fourth-order valence-electron chi connectivity index (χ4n) is 1.84. The van der Waals surface area contributed by atoms with Crippen LogP contribution in [-0.2, 0) is 11.3 Å². The summed E-state index contributed by atoms with van der Waals surface area (Å²) in [5.41, 5.74) is 1.01. The Labute approximate surface area is 120 Å². The maximum atomic E-state index is 9.21. The van der Waals surface area contributed by atoms with Gasteiger partial charge in [-0.15, -0.1) is 0 Å². The Bertz CT molecular complexity index is 380. The molecule has 0 saturated heterocycles. The second-order valence-corrected chi connectivity index (χ2v) is 4.46. The van der Waals surface area contributed by atoms with Crippen molar-refractivity contribution in [3.8, 4) is 11.5 Å². The maximum Gasteiger partial charge on any atom is 0.165 e. The third-order valence-corrected chi connectivity index (χ3v) is 3.11. The molecule has 0 spiro atoms. The van der Waals surface area contributed by atoms with E-state index in [0.717, 1.165) is 17.7 Å². The van der Waals surface area contributed by atoms with Gasteiger partial charge in [-0.25, -0.2) is 0 Å². The van der Waals surface area contributed by atoms with Crippen molar-refractivity contribution in [2.24, 2.45) is 0 Å². The lowest BCUT2D eigenvalue weighted by molar-refractivity contribution is 0.143. The van der Waals surface area contributed by atoms with Gasteiger partial charge in [-0.3, -0.25) is 0 Å². The van der Waals surface area contributed by atoms with Crippen LogP contribution in [0, 0.1) is 0 Å². The molecule has 0 heterocycles. The molecule has 1 aromatic rings. The number of benzene rings is 1. The summed E-state index contributed by atoms with van der Waals surface area (Å²) in [6.07, 6.45) is 0.875. The zero-order chi connectivity index (χ0) is 14.8. The number of hydrogen-bond donors (Lipinski definition) is 2. The summed E-state index contributed by atoms with van der Waals surface area (Å²) in [5, 5.41) is 12.5. The van der Waals surface area contributed by atoms with Crippen LogP contribution in [-0.4, -0.2) is 45.2 Å². The Morgan fingerprint density at radius 3 is 2.65 bits per heavy atom. The number of aliphatic hydroxyl groups excluding tert-OH is 1. The van der Waals surface area contributed by atoms with Crippen LogP contribution < -0.4 is 14.8 Å². The highest BCUT2D eigenvalue weighted by atomic mass is 16.5. The predicted octanol–water partition coefficient (Wildman–Crippen LogP) is 1.58. The predicted molar refractivity (Wildman–Crippen MR) is 78.4 cm³/mol. The summed E-state index contributed by atoms with van der Waals surface area (Å²) in [6, 6.07) is 5.88. The number of methoxy groups -OCH3 is 2. The lowest BCUT2D eigenvalue weighted by Gasteiger charge is -2.18. The molecule has 0 fully saturated rings. The lowest BCUT2D eigenvalue weighted by Crippen LogP contribution is -2.31. The van der Waals surface area contributed by atoms with Crippen LogP contribution in [0.3, 0.4) is 0 Å². The number of ether oxygens (including phenoxy) is 3. The van der Waals surface area contributed by atoms with Crippen molar-refractivity contribution in [1.29, 1.82) is 0 Å². The molecule has 1 atom stereocenters. The van der Waals surface area contributed by atoms with Gasteiger partial charge in [-0.2, -0.15) is 0 Å². The molecular weight excluding hydrogens is 258 g/mol. The van der Waals surface area contributed by atoms with E-state index in [1.54, 1.807) is 14.2 Å². The van der Waals surface area contributed by atoms with E-state index in [1.165, 1.54) is 0 Å². The average Bonchev–Trinajstić information content (AvgIpc) is 2.49. The van der Waals surface area contributed by atoms with E-state index >= 15 is 0 Å². The monoisotopic (exact) mass is 283 g/mol. The van der Waals surface area contributed by atoms with Crippen LogP contribution >= 0.6 is 0 Å². The van der Waals surface area contributed by atoms with Crippen molar-refractivity contribution < 1.29 is 19.3 Å². The van der Waals surface area contributed by atoms with E-state index in [-0.39, 0.29) is 12.6 Å². The highest BCUT2D eigenvalue weighted by Crippen LogP contribution is 2.31. The van der Waals surface area contributed by atoms with E-state index in [9.17, 15) is 5.11 Å². The third-order valence-electron chi connectivity index (χ3n) is 3.11. The van der Waals surface area contributed by atoms with E-state index in [1.807, 2.05) is 25.1 Å². The number of nitrogens with one attached hydrogen (secondary N) is 1. The Kier molecular flexibility index (Phi) is 8.02. The van der Waals surface area contributed by atoms with Crippen molar-refractivity contribution >= 4 is 0 Å². The minimum absolute atomic E-state index is 0.0908. The molecule has 1 unspecified atom stereocenters. The van der Waals surface area contributed by atoms with Gasteiger partial charge in [-0.1, -0.05) is 19.1 Å². The number of para-hydroxylation sites is 1. The van der Waals surface area contributed by atoms with Gasteiger partial charge < -0.3 is 24.6 Å². The first kappa shape index (κ1) is 16.8. The topological polar surface area (TPSA) is 60.0 Å². The van der Waals surface area contributed by atoms with Gasteiger partial charge in [0.05, 0.1) is 20.3 Å². The van der Waals surface area contributed by atoms with Crippen LogP contribution in [0.1, 0.15) is 18.9 Å². The summed E-state index contributed by atoms with van der Waals surface area (Å²) in [4.78, 5) is 0. The van der Waals surface area contributed by atoms with E-state index in [0.29, 0.717) is 25.5 Å². The average molecular weight is 283 g/mol. The Balaban J connectivity index is 2.76. The van der Waals surface area contributed by atoms with E-state index in [2.05, 4.69) is 5.32 Å². The normalized spacial score (nSPS) is 12.2. The molecule has 0 aliphatic carbocycles. The largest absolute Gasteiger partial charge is 0.493 e. The molecule has 0 bridgehead atoms. The first-order valence-corrected chi connectivity index (χ1v) is 6.88. The molecule has 5 heteroatoms. The second kappa shape index (κ2) is 9.58. The highest BCUT2D eigenvalue weighted by Gasteiger charge is 2.12.